The molecule has 0 aromatic carbocycles. The van der Waals surface area contributed by atoms with Gasteiger partial charge in [0.2, 0.25) is 5.60 Å². The number of allylic oxidation sites excluding steroid dienone is 1. The molecular formula is C36H42O13. The molecule has 0 amide bonds. The maximum Gasteiger partial charge on any atom is 0.333 e. The molecule has 4 aliphatic carbocycles. The number of cyclic esters (lactones) is 1. The summed E-state index contributed by atoms with van der Waals surface area (Å²) in [6.45, 7) is 11.8. The van der Waals surface area contributed by atoms with E-state index in [0.29, 0.717) is 23.1 Å². The lowest BCUT2D eigenvalue weighted by Crippen LogP contribution is -2.92. The lowest BCUT2D eigenvalue weighted by atomic mass is 9.34. The van der Waals surface area contributed by atoms with Crippen LogP contribution in [0.3, 0.4) is 0 Å². The Morgan fingerprint density at radius 1 is 1.06 bits per heavy atom. The average Bonchev–Trinajstić information content (AvgIpc) is 3.74. The van der Waals surface area contributed by atoms with Gasteiger partial charge < -0.3 is 42.7 Å². The standard InChI is InChI=1S/C36H42O13/c1-9-18(2)26(40)45-28-30(5)17-34-31(6,21(30)14-23(38)42-8)33-12-11-29(4)22(15-24(39)44-25(29)20-10-13-43-16-20)35(33,49-32(7,47-33)48-34)27(41)36(28,34)46-19(3)37/h9-10,13,15-16,21,25,27-28,41H,11-12,14,17H2,1-8H3/b18-9-/t21-,25-,27-,28-,29+,30+,31-,32+,33-,34+,35+,36+/m0/s1. The van der Waals surface area contributed by atoms with E-state index in [-0.39, 0.29) is 19.3 Å². The Hall–Kier alpha value is -3.52. The van der Waals surface area contributed by atoms with Crippen LogP contribution in [0.15, 0.2) is 46.3 Å². The minimum absolute atomic E-state index is 0.117. The third-order valence-corrected chi connectivity index (χ3v) is 13.7. The predicted molar refractivity (Wildman–Crippen MR) is 164 cm³/mol. The van der Waals surface area contributed by atoms with Crippen LogP contribution in [0.25, 0.3) is 0 Å². The Balaban J connectivity index is 1.47. The summed E-state index contributed by atoms with van der Waals surface area (Å²) in [6.07, 6.45) is 2.61. The van der Waals surface area contributed by atoms with Gasteiger partial charge in [-0.05, 0) is 50.7 Å². The van der Waals surface area contributed by atoms with Gasteiger partial charge in [0.1, 0.15) is 23.4 Å². The van der Waals surface area contributed by atoms with Crippen LogP contribution in [0.2, 0.25) is 0 Å². The normalized spacial score (nSPS) is 49.9. The maximum absolute atomic E-state index is 13.7. The van der Waals surface area contributed by atoms with Gasteiger partial charge in [-0.1, -0.05) is 26.8 Å². The molecule has 8 rings (SSSR count). The molecule has 49 heavy (non-hydrogen) atoms. The summed E-state index contributed by atoms with van der Waals surface area (Å²) in [6, 6.07) is 1.72. The van der Waals surface area contributed by atoms with E-state index in [1.807, 2.05) is 20.8 Å². The van der Waals surface area contributed by atoms with Gasteiger partial charge in [0.15, 0.2) is 11.7 Å². The fraction of sp³-hybridized carbons (Fsp3) is 0.667. The van der Waals surface area contributed by atoms with E-state index in [1.54, 1.807) is 32.9 Å². The summed E-state index contributed by atoms with van der Waals surface area (Å²) in [7, 11) is 1.30. The van der Waals surface area contributed by atoms with Crippen molar-refractivity contribution in [3.63, 3.8) is 0 Å². The topological polar surface area (TPSA) is 166 Å². The van der Waals surface area contributed by atoms with Crippen LogP contribution < -0.4 is 0 Å². The highest BCUT2D eigenvalue weighted by atomic mass is 16.9. The van der Waals surface area contributed by atoms with E-state index in [1.165, 1.54) is 32.6 Å². The molecule has 1 aromatic rings. The Bertz CT molecular complexity index is 1760. The van der Waals surface area contributed by atoms with Crippen molar-refractivity contribution >= 4 is 23.9 Å². The molecule has 4 heterocycles. The second kappa shape index (κ2) is 9.42. The van der Waals surface area contributed by atoms with E-state index in [0.717, 1.165) is 0 Å². The molecular weight excluding hydrogens is 640 g/mol. The molecule has 1 aromatic heterocycles. The SMILES string of the molecule is C/C=C(/C)C(=O)O[C@H]1[C@]2(C)C[C@]34O[C@@]5(C)O[C@@]6(CC[C@]7(C)C(=CC(=O)O[C@H]7c7ccoc7)[C@@]6(O5)[C@H](O)[C@@]13OC(C)=O)[C@]4(C)[C@H]2CC(=O)OC. The largest absolute Gasteiger partial charge is 0.472 e. The van der Waals surface area contributed by atoms with Crippen LogP contribution in [-0.2, 0) is 52.3 Å². The zero-order chi connectivity index (χ0) is 35.4. The average molecular weight is 683 g/mol. The first kappa shape index (κ1) is 32.7. The summed E-state index contributed by atoms with van der Waals surface area (Å²) in [5.41, 5.74) is -9.18. The Morgan fingerprint density at radius 2 is 1.78 bits per heavy atom. The summed E-state index contributed by atoms with van der Waals surface area (Å²) in [5.74, 6) is -5.14. The second-order valence-electron chi connectivity index (χ2n) is 15.7. The molecule has 13 heteroatoms. The van der Waals surface area contributed by atoms with Gasteiger partial charge in [-0.25, -0.2) is 9.59 Å². The van der Waals surface area contributed by atoms with Crippen molar-refractivity contribution in [1.82, 2.24) is 0 Å². The first-order valence-corrected chi connectivity index (χ1v) is 16.8. The Morgan fingerprint density at radius 3 is 2.41 bits per heavy atom. The predicted octanol–water partition coefficient (Wildman–Crippen LogP) is 3.73. The van der Waals surface area contributed by atoms with Crippen LogP contribution in [-0.4, -0.2) is 76.7 Å². The highest BCUT2D eigenvalue weighted by Crippen LogP contribution is 2.89. The highest BCUT2D eigenvalue weighted by Gasteiger charge is 3.04. The zero-order valence-electron chi connectivity index (χ0n) is 28.9. The first-order chi connectivity index (χ1) is 22.9. The molecule has 2 spiro atoms. The van der Waals surface area contributed by atoms with Gasteiger partial charge >= 0.3 is 23.9 Å². The van der Waals surface area contributed by atoms with Crippen molar-refractivity contribution in [2.45, 2.75) is 121 Å². The number of hydrogen-bond acceptors (Lipinski definition) is 13. The molecule has 0 unspecified atom stereocenters. The quantitative estimate of drug-likeness (QED) is 0.262. The molecule has 2 saturated heterocycles. The van der Waals surface area contributed by atoms with Crippen molar-refractivity contribution in [3.05, 3.63) is 47.5 Å². The molecule has 6 fully saturated rings. The summed E-state index contributed by atoms with van der Waals surface area (Å²) < 4.78 is 50.4. The molecule has 264 valence electrons. The number of ether oxygens (including phenoxy) is 7. The fourth-order valence-corrected chi connectivity index (χ4v) is 12.1. The molecule has 0 radical (unpaired) electrons. The fourth-order valence-electron chi connectivity index (χ4n) is 12.1. The van der Waals surface area contributed by atoms with E-state index in [4.69, 9.17) is 37.6 Å². The minimum atomic E-state index is -2.09. The van der Waals surface area contributed by atoms with Crippen LogP contribution in [0.1, 0.15) is 85.8 Å². The van der Waals surface area contributed by atoms with Crippen molar-refractivity contribution in [3.8, 4) is 0 Å². The van der Waals surface area contributed by atoms with Gasteiger partial charge in [0.25, 0.3) is 5.97 Å². The number of carbonyl (C=O) groups excluding carboxylic acids is 4. The molecule has 4 saturated carbocycles. The number of furan rings is 1. The van der Waals surface area contributed by atoms with Crippen LogP contribution in [0.5, 0.6) is 0 Å². The van der Waals surface area contributed by atoms with Gasteiger partial charge in [-0.15, -0.1) is 0 Å². The number of rotatable bonds is 6. The van der Waals surface area contributed by atoms with E-state index in [2.05, 4.69) is 0 Å². The van der Waals surface area contributed by atoms with Crippen molar-refractivity contribution in [2.75, 3.05) is 7.11 Å². The lowest BCUT2D eigenvalue weighted by Gasteiger charge is -2.76. The van der Waals surface area contributed by atoms with Crippen LogP contribution in [0, 0.1) is 22.2 Å². The highest BCUT2D eigenvalue weighted by molar-refractivity contribution is 5.88. The van der Waals surface area contributed by atoms with Gasteiger partial charge in [0, 0.05) is 53.7 Å². The second-order valence-corrected chi connectivity index (χ2v) is 15.7. The Labute approximate surface area is 283 Å². The van der Waals surface area contributed by atoms with Crippen molar-refractivity contribution in [1.29, 1.82) is 0 Å². The molecule has 13 nitrogen and oxygen atoms in total. The third kappa shape index (κ3) is 3.24. The summed E-state index contributed by atoms with van der Waals surface area (Å²) in [4.78, 5) is 54.1. The van der Waals surface area contributed by atoms with Gasteiger partial charge in [-0.2, -0.15) is 0 Å². The van der Waals surface area contributed by atoms with Gasteiger partial charge in [-0.3, -0.25) is 9.59 Å². The van der Waals surface area contributed by atoms with Crippen LogP contribution in [0.4, 0.5) is 0 Å². The summed E-state index contributed by atoms with van der Waals surface area (Å²) in [5, 5.41) is 13.4. The third-order valence-electron chi connectivity index (χ3n) is 13.7. The monoisotopic (exact) mass is 682 g/mol. The number of aliphatic hydroxyl groups excluding tert-OH is 1. The Kier molecular flexibility index (Phi) is 6.28. The molecule has 3 aliphatic heterocycles. The van der Waals surface area contributed by atoms with Crippen molar-refractivity contribution < 1.29 is 61.9 Å². The maximum atomic E-state index is 13.7. The molecule has 12 atom stereocenters. The van der Waals surface area contributed by atoms with Gasteiger partial charge in [0.05, 0.1) is 19.6 Å². The first-order valence-electron chi connectivity index (χ1n) is 16.8. The van der Waals surface area contributed by atoms with E-state index in [9.17, 15) is 24.3 Å². The number of esters is 4. The molecule has 4 bridgehead atoms. The summed E-state index contributed by atoms with van der Waals surface area (Å²) >= 11 is 0. The number of aliphatic hydroxyl groups is 1. The number of hydrogen-bond donors (Lipinski definition) is 1. The molecule has 1 N–H and O–H groups in total. The number of carbonyl (C=O) groups is 4. The zero-order valence-corrected chi connectivity index (χ0v) is 28.9. The minimum Gasteiger partial charge on any atom is -0.472 e. The molecule has 7 aliphatic rings. The number of fused-ring (bicyclic) bond motifs is 3. The number of methoxy groups -OCH3 is 1. The van der Waals surface area contributed by atoms with Crippen molar-refractivity contribution in [2.24, 2.45) is 22.2 Å². The van der Waals surface area contributed by atoms with E-state index >= 15 is 0 Å². The lowest BCUT2D eigenvalue weighted by molar-refractivity contribution is -0.474. The van der Waals surface area contributed by atoms with E-state index < -0.39 is 92.7 Å². The smallest absolute Gasteiger partial charge is 0.333 e. The van der Waals surface area contributed by atoms with Crippen LogP contribution >= 0.6 is 0 Å².